The van der Waals surface area contributed by atoms with E-state index in [-0.39, 0.29) is 28.7 Å². The van der Waals surface area contributed by atoms with Gasteiger partial charge >= 0.3 is 23.9 Å². The molecule has 5 aromatic carbocycles. The first-order chi connectivity index (χ1) is 30.8. The number of hydrogen-bond acceptors (Lipinski definition) is 16. The van der Waals surface area contributed by atoms with E-state index < -0.39 is 136 Å². The number of rotatable bonds is 11. The fourth-order valence-electron chi connectivity index (χ4n) is 8.49. The lowest BCUT2D eigenvalue weighted by molar-refractivity contribution is -0.211. The zero-order valence-electron chi connectivity index (χ0n) is 34.2. The van der Waals surface area contributed by atoms with Gasteiger partial charge in [0, 0.05) is 23.1 Å². The minimum absolute atomic E-state index is 0.0681. The highest BCUT2D eigenvalue weighted by Gasteiger charge is 2.57. The summed E-state index contributed by atoms with van der Waals surface area (Å²) in [6, 6.07) is 27.2. The first kappa shape index (κ1) is 43.3. The Morgan fingerprint density at radius 1 is 0.672 bits per heavy atom. The molecule has 8 rings (SSSR count). The Morgan fingerprint density at radius 2 is 1.20 bits per heavy atom. The maximum Gasteiger partial charge on any atom is 0.338 e. The molecule has 3 aliphatic rings. The highest BCUT2D eigenvalue weighted by molar-refractivity contribution is 6.31. The molecule has 1 aliphatic heterocycles. The highest BCUT2D eigenvalue weighted by Crippen LogP contribution is 2.57. The van der Waals surface area contributed by atoms with E-state index in [9.17, 15) is 49.2 Å². The van der Waals surface area contributed by atoms with E-state index in [1.165, 1.54) is 55.5 Å². The summed E-state index contributed by atoms with van der Waals surface area (Å²) in [4.78, 5) is 82.6. The van der Waals surface area contributed by atoms with Crippen molar-refractivity contribution in [2.75, 3.05) is 13.7 Å². The summed E-state index contributed by atoms with van der Waals surface area (Å²) < 4.78 is 35.5. The number of ketones is 2. The van der Waals surface area contributed by atoms with Crippen LogP contribution >= 0.6 is 0 Å². The predicted octanol–water partition coefficient (Wildman–Crippen LogP) is 5.47. The van der Waals surface area contributed by atoms with Gasteiger partial charge in [0.25, 0.3) is 0 Å². The molecule has 0 spiro atoms. The van der Waals surface area contributed by atoms with Crippen molar-refractivity contribution in [2.45, 2.75) is 62.0 Å². The molecule has 5 aromatic rings. The van der Waals surface area contributed by atoms with Gasteiger partial charge in [-0.25, -0.2) is 14.4 Å². The van der Waals surface area contributed by atoms with Crippen molar-refractivity contribution in [3.8, 4) is 17.2 Å². The number of phenolic OH excluding ortho intramolecular Hbond substituents is 3. The topological polar surface area (TPSA) is 239 Å². The second kappa shape index (κ2) is 17.4. The molecule has 0 saturated carbocycles. The van der Waals surface area contributed by atoms with Gasteiger partial charge in [0.15, 0.2) is 24.3 Å². The third-order valence-electron chi connectivity index (χ3n) is 11.7. The summed E-state index contributed by atoms with van der Waals surface area (Å²) >= 11 is 0. The first-order valence-corrected chi connectivity index (χ1v) is 20.2. The lowest BCUT2D eigenvalue weighted by Crippen LogP contribution is -2.48. The van der Waals surface area contributed by atoms with Gasteiger partial charge in [-0.05, 0) is 48.9 Å². The predicted molar refractivity (Wildman–Crippen MR) is 220 cm³/mol. The molecule has 16 heteroatoms. The lowest BCUT2D eigenvalue weighted by Gasteiger charge is -2.44. The van der Waals surface area contributed by atoms with Crippen molar-refractivity contribution in [3.05, 3.63) is 159 Å². The van der Waals surface area contributed by atoms with Gasteiger partial charge in [0.2, 0.25) is 5.78 Å². The SMILES string of the molecule is CC[C@@]1(O)C[C@H](O[C@@H]2O[C@@H](COC(=O)c3ccccc3)[C@@H](OC(=O)c3ccccc3)[C@H]2OC(=O)c2ccccc2)c2c(O)c3c(c(O)c2[C@H]1C(=O)OC)C(=O)c1cccc(O)c1C3=O. The maximum absolute atomic E-state index is 14.1. The summed E-state index contributed by atoms with van der Waals surface area (Å²) in [5.41, 5.74) is -4.95. The van der Waals surface area contributed by atoms with Gasteiger partial charge in [0.1, 0.15) is 35.9 Å². The summed E-state index contributed by atoms with van der Waals surface area (Å²) in [5, 5.41) is 47.3. The quantitative estimate of drug-likeness (QED) is 0.0717. The van der Waals surface area contributed by atoms with Crippen molar-refractivity contribution < 1.29 is 77.6 Å². The molecule has 2 aliphatic carbocycles. The molecule has 1 heterocycles. The van der Waals surface area contributed by atoms with Crippen LogP contribution in [0.3, 0.4) is 0 Å². The average Bonchev–Trinajstić information content (AvgIpc) is 3.62. The van der Waals surface area contributed by atoms with E-state index in [1.807, 2.05) is 0 Å². The minimum Gasteiger partial charge on any atom is -0.507 e. The molecular weight excluding hydrogens is 833 g/mol. The molecule has 0 unspecified atom stereocenters. The molecule has 16 nitrogen and oxygen atoms in total. The standard InChI is InChI=1S/C48H40O16/c1-3-48(58)22-29(32-33(36(48)46(57)59-2)40(53)34-35(39(32)52)38(51)31-27(37(34)50)20-13-21-28(31)49)61-47-42(64-45(56)26-18-11-6-12-19-26)41(63-44(55)25-16-9-5-10-17-25)30(62-47)23-60-43(54)24-14-7-4-8-15-24/h4-21,29-30,36,41-42,47,49,52-53,58H,3,22-23H2,1-2H3/t29-,30-,36-,41+,42+,47+,48+/m0/s1. The summed E-state index contributed by atoms with van der Waals surface area (Å²) in [7, 11) is 1.03. The normalized spacial score (nSPS) is 23.2. The van der Waals surface area contributed by atoms with Gasteiger partial charge in [-0.3, -0.25) is 14.4 Å². The van der Waals surface area contributed by atoms with E-state index >= 15 is 0 Å². The number of carbonyl (C=O) groups is 6. The number of benzene rings is 5. The van der Waals surface area contributed by atoms with E-state index in [1.54, 1.807) is 54.6 Å². The average molecular weight is 873 g/mol. The molecule has 0 radical (unpaired) electrons. The first-order valence-electron chi connectivity index (χ1n) is 20.2. The monoisotopic (exact) mass is 872 g/mol. The zero-order valence-corrected chi connectivity index (χ0v) is 34.2. The van der Waals surface area contributed by atoms with Crippen molar-refractivity contribution in [1.29, 1.82) is 0 Å². The van der Waals surface area contributed by atoms with Crippen LogP contribution in [-0.4, -0.2) is 99.8 Å². The van der Waals surface area contributed by atoms with Crippen molar-refractivity contribution in [2.24, 2.45) is 0 Å². The number of esters is 4. The number of carbonyl (C=O) groups excluding carboxylic acids is 6. The van der Waals surface area contributed by atoms with Crippen LogP contribution in [0.1, 0.15) is 106 Å². The Hall–Kier alpha value is -7.40. The third-order valence-corrected chi connectivity index (χ3v) is 11.7. The van der Waals surface area contributed by atoms with Gasteiger partial charge in [-0.15, -0.1) is 0 Å². The molecule has 1 saturated heterocycles. The van der Waals surface area contributed by atoms with Crippen LogP contribution in [0.5, 0.6) is 17.2 Å². The molecule has 4 N–H and O–H groups in total. The van der Waals surface area contributed by atoms with Crippen LogP contribution < -0.4 is 0 Å². The number of phenols is 3. The van der Waals surface area contributed by atoms with Gasteiger partial charge in [-0.1, -0.05) is 73.7 Å². The third kappa shape index (κ3) is 7.61. The van der Waals surface area contributed by atoms with Crippen LogP contribution in [0.4, 0.5) is 0 Å². The van der Waals surface area contributed by atoms with Crippen LogP contribution in [0.15, 0.2) is 109 Å². The van der Waals surface area contributed by atoms with E-state index in [4.69, 9.17) is 28.4 Å². The zero-order chi connectivity index (χ0) is 45.4. The Balaban J connectivity index is 1.26. The largest absolute Gasteiger partial charge is 0.507 e. The Morgan fingerprint density at radius 3 is 1.77 bits per heavy atom. The van der Waals surface area contributed by atoms with Crippen LogP contribution in [0.2, 0.25) is 0 Å². The lowest BCUT2D eigenvalue weighted by atomic mass is 9.66. The minimum atomic E-state index is -2.15. The molecule has 7 atom stereocenters. The molecule has 0 amide bonds. The number of methoxy groups -OCH3 is 1. The molecular formula is C48H40O16. The fraction of sp³-hybridized carbons (Fsp3) is 0.250. The maximum atomic E-state index is 14.1. The Bertz CT molecular complexity index is 2670. The van der Waals surface area contributed by atoms with Crippen molar-refractivity contribution >= 4 is 35.4 Å². The summed E-state index contributed by atoms with van der Waals surface area (Å²) in [5.74, 6) is -9.96. The second-order valence-corrected chi connectivity index (χ2v) is 15.4. The van der Waals surface area contributed by atoms with Gasteiger partial charge in [-0.2, -0.15) is 0 Å². The fourth-order valence-corrected chi connectivity index (χ4v) is 8.49. The van der Waals surface area contributed by atoms with Crippen LogP contribution in [0, 0.1) is 0 Å². The molecule has 1 fully saturated rings. The van der Waals surface area contributed by atoms with Gasteiger partial charge in [0.05, 0.1) is 52.2 Å². The smallest absolute Gasteiger partial charge is 0.338 e. The van der Waals surface area contributed by atoms with Gasteiger partial charge < -0.3 is 48.8 Å². The molecule has 0 bridgehead atoms. The van der Waals surface area contributed by atoms with Crippen LogP contribution in [0.25, 0.3) is 0 Å². The Labute approximate surface area is 364 Å². The number of aliphatic hydroxyl groups is 1. The number of aromatic hydroxyl groups is 3. The summed E-state index contributed by atoms with van der Waals surface area (Å²) in [6.45, 7) is 0.928. The number of fused-ring (bicyclic) bond motifs is 3. The van der Waals surface area contributed by atoms with Crippen molar-refractivity contribution in [3.63, 3.8) is 0 Å². The number of hydrogen-bond donors (Lipinski definition) is 4. The molecule has 64 heavy (non-hydrogen) atoms. The van der Waals surface area contributed by atoms with Crippen LogP contribution in [-0.2, 0) is 33.2 Å². The van der Waals surface area contributed by atoms with E-state index in [0.29, 0.717) is 0 Å². The Kier molecular flexibility index (Phi) is 11.8. The molecule has 328 valence electrons. The second-order valence-electron chi connectivity index (χ2n) is 15.4. The van der Waals surface area contributed by atoms with Crippen molar-refractivity contribution in [1.82, 2.24) is 0 Å². The van der Waals surface area contributed by atoms with E-state index in [0.717, 1.165) is 13.2 Å². The molecule has 0 aromatic heterocycles. The van der Waals surface area contributed by atoms with E-state index in [2.05, 4.69) is 0 Å². The summed E-state index contributed by atoms with van der Waals surface area (Å²) in [6.07, 6.45) is -8.96. The highest BCUT2D eigenvalue weighted by atomic mass is 16.7. The number of ether oxygens (including phenoxy) is 6.